The minimum Gasteiger partial charge on any atom is -0.218 e. The Balaban J connectivity index is 2.64. The summed E-state index contributed by atoms with van der Waals surface area (Å²) < 4.78 is 6.16. The number of hydrogen-bond donors (Lipinski definition) is 0. The molecule has 0 aromatic carbocycles. The van der Waals surface area contributed by atoms with Crippen molar-refractivity contribution in [1.82, 2.24) is 0 Å². The van der Waals surface area contributed by atoms with Crippen molar-refractivity contribution >= 4 is 0 Å². The summed E-state index contributed by atoms with van der Waals surface area (Å²) in [6, 6.07) is 8.50. The zero-order valence-electron chi connectivity index (χ0n) is 13.4. The van der Waals surface area contributed by atoms with Crippen LogP contribution in [0.5, 0.6) is 0 Å². The molecule has 0 aliphatic carbocycles. The highest BCUT2D eigenvalue weighted by Crippen LogP contribution is 2.33. The highest BCUT2D eigenvalue weighted by Gasteiger charge is 2.33. The molecular weight excluding hydrogens is 246 g/mol. The van der Waals surface area contributed by atoms with Crippen LogP contribution in [-0.4, -0.2) is 0 Å². The third kappa shape index (κ3) is 3.24. The molecule has 0 atom stereocenters. The van der Waals surface area contributed by atoms with E-state index in [2.05, 4.69) is 70.8 Å². The largest absolute Gasteiger partial charge is 0.335 e. The lowest BCUT2D eigenvalue weighted by Gasteiger charge is -2.14. The number of aromatic nitrogens is 1. The van der Waals surface area contributed by atoms with Gasteiger partial charge in [0, 0.05) is 29.8 Å². The Kier molecular flexibility index (Phi) is 3.68. The monoisotopic (exact) mass is 271 g/mol. The van der Waals surface area contributed by atoms with Gasteiger partial charge in [0.15, 0.2) is 12.4 Å². The van der Waals surface area contributed by atoms with Gasteiger partial charge in [-0.1, -0.05) is 0 Å². The molecule has 2 heterocycles. The summed E-state index contributed by atoms with van der Waals surface area (Å²) in [4.78, 5) is 3.07. The van der Waals surface area contributed by atoms with Crippen LogP contribution < -0.4 is 4.98 Å². The molecule has 20 heavy (non-hydrogen) atoms. The summed E-state index contributed by atoms with van der Waals surface area (Å²) in [7, 11) is 0. The fourth-order valence-corrected chi connectivity index (χ4v) is 1.99. The Morgan fingerprint density at radius 2 is 1.20 bits per heavy atom. The molecule has 0 aliphatic rings. The molecule has 0 spiro atoms. The molecule has 1 N–H and O–H groups in total. The summed E-state index contributed by atoms with van der Waals surface area (Å²) in [5.74, 6) is 2.04. The molecule has 0 unspecified atom stereocenters. The van der Waals surface area contributed by atoms with Crippen molar-refractivity contribution in [3.63, 3.8) is 0 Å². The van der Waals surface area contributed by atoms with Crippen LogP contribution in [-0.2, 0) is 10.8 Å². The van der Waals surface area contributed by atoms with Crippen molar-refractivity contribution in [3.8, 4) is 11.1 Å². The first-order chi connectivity index (χ1) is 9.18. The number of nitrogens with one attached hydrogen (secondary N) is 1. The van der Waals surface area contributed by atoms with Crippen LogP contribution in [0.1, 0.15) is 53.1 Å². The first-order valence-electron chi connectivity index (χ1n) is 7.13. The summed E-state index contributed by atoms with van der Waals surface area (Å²) in [6.07, 6.45) is 3.90. The van der Waals surface area contributed by atoms with Crippen LogP contribution in [0, 0.1) is 0 Å². The fraction of sp³-hybridized carbons (Fsp3) is 0.444. The van der Waals surface area contributed by atoms with E-state index in [-0.39, 0.29) is 10.8 Å². The van der Waals surface area contributed by atoms with Gasteiger partial charge in [0.1, 0.15) is 0 Å². The highest BCUT2D eigenvalue weighted by atomic mass is 16.3. The highest BCUT2D eigenvalue weighted by molar-refractivity contribution is 5.63. The van der Waals surface area contributed by atoms with Gasteiger partial charge in [0.2, 0.25) is 0 Å². The van der Waals surface area contributed by atoms with Crippen LogP contribution in [0.25, 0.3) is 11.1 Å². The van der Waals surface area contributed by atoms with Crippen molar-refractivity contribution in [2.75, 3.05) is 0 Å². The summed E-state index contributed by atoms with van der Waals surface area (Å²) >= 11 is 0. The fourth-order valence-electron chi connectivity index (χ4n) is 1.99. The number of rotatable bonds is 1. The average Bonchev–Trinajstić information content (AvgIpc) is 2.37. The van der Waals surface area contributed by atoms with Crippen molar-refractivity contribution < 1.29 is 9.40 Å². The van der Waals surface area contributed by atoms with Gasteiger partial charge in [-0.2, -0.15) is 0 Å². The Bertz CT molecular complexity index is 557. The lowest BCUT2D eigenvalue weighted by molar-refractivity contribution is -0.377. The van der Waals surface area contributed by atoms with Gasteiger partial charge in [-0.05, 0) is 47.1 Å². The number of pyridine rings is 1. The maximum absolute atomic E-state index is 6.16. The maximum Gasteiger partial charge on any atom is 0.335 e. The van der Waals surface area contributed by atoms with Gasteiger partial charge in [0.25, 0.3) is 0 Å². The Morgan fingerprint density at radius 1 is 0.750 bits per heavy atom. The third-order valence-electron chi connectivity index (χ3n) is 3.32. The first kappa shape index (κ1) is 14.7. The molecule has 2 nitrogen and oxygen atoms in total. The van der Waals surface area contributed by atoms with Gasteiger partial charge in [0.05, 0.1) is 10.8 Å². The predicted octanol–water partition coefficient (Wildman–Crippen LogP) is 4.64. The lowest BCUT2D eigenvalue weighted by Crippen LogP contribution is -2.16. The van der Waals surface area contributed by atoms with E-state index in [1.54, 1.807) is 0 Å². The van der Waals surface area contributed by atoms with Gasteiger partial charge in [-0.15, -0.1) is 0 Å². The molecule has 0 bridgehead atoms. The molecule has 0 aliphatic heterocycles. The second-order valence-electron chi connectivity index (χ2n) is 7.36. The van der Waals surface area contributed by atoms with Crippen LogP contribution in [0.3, 0.4) is 0 Å². The number of H-pyrrole nitrogens is 1. The van der Waals surface area contributed by atoms with Crippen LogP contribution in [0.15, 0.2) is 41.1 Å². The zero-order chi connectivity index (χ0) is 15.0. The van der Waals surface area contributed by atoms with E-state index in [4.69, 9.17) is 4.42 Å². The molecule has 2 heteroatoms. The SMILES string of the molecule is CC(C)(C)c1cc(-c2cc[nH+]cc2)cc(C(C)(C)C)[o+]1. The first-order valence-corrected chi connectivity index (χ1v) is 7.13. The van der Waals surface area contributed by atoms with Crippen molar-refractivity contribution in [2.24, 2.45) is 0 Å². The van der Waals surface area contributed by atoms with Crippen molar-refractivity contribution in [3.05, 3.63) is 48.2 Å². The Hall–Kier alpha value is -1.70. The van der Waals surface area contributed by atoms with Gasteiger partial charge in [-0.25, -0.2) is 9.40 Å². The van der Waals surface area contributed by atoms with Gasteiger partial charge in [-0.3, -0.25) is 0 Å². The van der Waals surface area contributed by atoms with Gasteiger partial charge < -0.3 is 0 Å². The van der Waals surface area contributed by atoms with Crippen molar-refractivity contribution in [2.45, 2.75) is 52.4 Å². The average molecular weight is 271 g/mol. The molecule has 2 aromatic rings. The van der Waals surface area contributed by atoms with E-state index in [0.717, 1.165) is 11.5 Å². The molecule has 2 rings (SSSR count). The van der Waals surface area contributed by atoms with Crippen molar-refractivity contribution in [1.29, 1.82) is 0 Å². The molecule has 0 saturated carbocycles. The normalized spacial score (nSPS) is 12.5. The maximum atomic E-state index is 6.16. The molecule has 2 aromatic heterocycles. The van der Waals surface area contributed by atoms with E-state index in [9.17, 15) is 0 Å². The second-order valence-corrected chi connectivity index (χ2v) is 7.36. The smallest absolute Gasteiger partial charge is 0.218 e. The van der Waals surface area contributed by atoms with Gasteiger partial charge >= 0.3 is 11.5 Å². The molecule has 0 saturated heterocycles. The zero-order valence-corrected chi connectivity index (χ0v) is 13.4. The minimum atomic E-state index is -0.00306. The van der Waals surface area contributed by atoms with E-state index >= 15 is 0 Å². The minimum absolute atomic E-state index is 0.00306. The number of aromatic amines is 1. The third-order valence-corrected chi connectivity index (χ3v) is 3.32. The quantitative estimate of drug-likeness (QED) is 0.694. The second kappa shape index (κ2) is 5.01. The summed E-state index contributed by atoms with van der Waals surface area (Å²) in [6.45, 7) is 13.1. The molecule has 0 fully saturated rings. The molecule has 0 radical (unpaired) electrons. The van der Waals surface area contributed by atoms with E-state index in [0.29, 0.717) is 0 Å². The Labute approximate surface area is 121 Å². The summed E-state index contributed by atoms with van der Waals surface area (Å²) in [5.41, 5.74) is 2.41. The molecular formula is C18H25NO+2. The number of hydrogen-bond acceptors (Lipinski definition) is 0. The topological polar surface area (TPSA) is 25.4 Å². The lowest BCUT2D eigenvalue weighted by atomic mass is 9.88. The summed E-state index contributed by atoms with van der Waals surface area (Å²) in [5, 5.41) is 0. The van der Waals surface area contributed by atoms with Crippen LogP contribution in [0.2, 0.25) is 0 Å². The van der Waals surface area contributed by atoms with Crippen LogP contribution in [0.4, 0.5) is 0 Å². The van der Waals surface area contributed by atoms with E-state index in [1.807, 2.05) is 12.4 Å². The molecule has 106 valence electrons. The Morgan fingerprint density at radius 3 is 1.60 bits per heavy atom. The predicted molar refractivity (Wildman–Crippen MR) is 82.5 cm³/mol. The molecule has 0 amide bonds. The van der Waals surface area contributed by atoms with Crippen LogP contribution >= 0.6 is 0 Å². The van der Waals surface area contributed by atoms with E-state index in [1.165, 1.54) is 11.1 Å². The van der Waals surface area contributed by atoms with E-state index < -0.39 is 0 Å². The standard InChI is InChI=1S/C18H24NO/c1-17(2,3)15-11-14(13-7-9-19-10-8-13)12-16(20-15)18(4,5)6/h7-12H,1-6H3/q+1/p+1.